The highest BCUT2D eigenvalue weighted by Crippen LogP contribution is 2.35. The zero-order valence-electron chi connectivity index (χ0n) is 10.7. The number of pyridine rings is 1. The van der Waals surface area contributed by atoms with E-state index in [1.165, 1.54) is 5.56 Å². The van der Waals surface area contributed by atoms with Crippen molar-refractivity contribution in [3.05, 3.63) is 48.2 Å². The van der Waals surface area contributed by atoms with Gasteiger partial charge in [0.2, 0.25) is 0 Å². The summed E-state index contributed by atoms with van der Waals surface area (Å²) in [5.74, 6) is 0.921. The zero-order valence-corrected chi connectivity index (χ0v) is 10.7. The molecule has 5 nitrogen and oxygen atoms in total. The van der Waals surface area contributed by atoms with Crippen LogP contribution in [0.2, 0.25) is 0 Å². The van der Waals surface area contributed by atoms with Crippen LogP contribution in [0.25, 0.3) is 0 Å². The van der Waals surface area contributed by atoms with E-state index in [0.717, 1.165) is 30.9 Å². The third kappa shape index (κ3) is 2.29. The fraction of sp³-hybridized carbons (Fsp3) is 0.357. The van der Waals surface area contributed by atoms with E-state index >= 15 is 0 Å². The molecule has 0 radical (unpaired) electrons. The molecule has 1 aliphatic heterocycles. The number of hydrogen-bond donors (Lipinski definition) is 1. The van der Waals surface area contributed by atoms with Crippen LogP contribution < -0.4 is 10.6 Å². The Labute approximate surface area is 112 Å². The molecule has 0 aromatic carbocycles. The van der Waals surface area contributed by atoms with Crippen LogP contribution in [-0.2, 0) is 6.54 Å². The van der Waals surface area contributed by atoms with Gasteiger partial charge in [0.15, 0.2) is 5.82 Å². The lowest BCUT2D eigenvalue weighted by molar-refractivity contribution is 0.702. The highest BCUT2D eigenvalue weighted by molar-refractivity contribution is 5.47. The molecule has 2 aromatic heterocycles. The van der Waals surface area contributed by atoms with E-state index in [1.807, 2.05) is 12.4 Å². The van der Waals surface area contributed by atoms with Gasteiger partial charge in [-0.3, -0.25) is 9.97 Å². The lowest BCUT2D eigenvalue weighted by atomic mass is 10.1. The quantitative estimate of drug-likeness (QED) is 0.903. The molecule has 0 amide bonds. The van der Waals surface area contributed by atoms with Crippen molar-refractivity contribution in [2.24, 2.45) is 5.73 Å². The molecule has 2 aromatic rings. The van der Waals surface area contributed by atoms with Crippen molar-refractivity contribution in [3.8, 4) is 0 Å². The molecule has 1 unspecified atom stereocenters. The van der Waals surface area contributed by atoms with Crippen molar-refractivity contribution in [2.75, 3.05) is 11.4 Å². The average molecular weight is 255 g/mol. The molecule has 98 valence electrons. The Balaban J connectivity index is 1.95. The molecule has 1 atom stereocenters. The fourth-order valence-corrected chi connectivity index (χ4v) is 2.70. The van der Waals surface area contributed by atoms with E-state index in [1.54, 1.807) is 12.4 Å². The predicted octanol–water partition coefficient (Wildman–Crippen LogP) is 1.67. The molecule has 3 rings (SSSR count). The van der Waals surface area contributed by atoms with Gasteiger partial charge in [0.05, 0.1) is 11.7 Å². The Bertz CT molecular complexity index is 543. The summed E-state index contributed by atoms with van der Waals surface area (Å²) in [5, 5.41) is 0. The number of rotatable bonds is 3. The van der Waals surface area contributed by atoms with Crippen molar-refractivity contribution < 1.29 is 0 Å². The van der Waals surface area contributed by atoms with E-state index in [4.69, 9.17) is 5.73 Å². The molecule has 0 aliphatic carbocycles. The summed E-state index contributed by atoms with van der Waals surface area (Å²) in [5.41, 5.74) is 7.91. The number of nitrogens with two attached hydrogens (primary N) is 1. The van der Waals surface area contributed by atoms with Crippen LogP contribution in [0.15, 0.2) is 36.9 Å². The molecule has 1 aliphatic rings. The van der Waals surface area contributed by atoms with Gasteiger partial charge < -0.3 is 10.6 Å². The molecule has 1 fully saturated rings. The van der Waals surface area contributed by atoms with E-state index in [-0.39, 0.29) is 0 Å². The minimum Gasteiger partial charge on any atom is -0.348 e. The van der Waals surface area contributed by atoms with Crippen molar-refractivity contribution in [3.63, 3.8) is 0 Å². The van der Waals surface area contributed by atoms with Crippen molar-refractivity contribution >= 4 is 5.82 Å². The van der Waals surface area contributed by atoms with E-state index < -0.39 is 0 Å². The summed E-state index contributed by atoms with van der Waals surface area (Å²) in [7, 11) is 0. The lowest BCUT2D eigenvalue weighted by Crippen LogP contribution is -2.25. The van der Waals surface area contributed by atoms with E-state index in [9.17, 15) is 0 Å². The smallest absolute Gasteiger partial charge is 0.152 e. The molecule has 19 heavy (non-hydrogen) atoms. The fourth-order valence-electron chi connectivity index (χ4n) is 2.70. The van der Waals surface area contributed by atoms with Crippen LogP contribution in [0, 0.1) is 0 Å². The molecule has 3 heterocycles. The van der Waals surface area contributed by atoms with E-state index in [2.05, 4.69) is 32.0 Å². The first-order valence-corrected chi connectivity index (χ1v) is 6.56. The highest BCUT2D eigenvalue weighted by atomic mass is 15.2. The van der Waals surface area contributed by atoms with E-state index in [0.29, 0.717) is 12.6 Å². The second kappa shape index (κ2) is 5.32. The Morgan fingerprint density at radius 2 is 1.95 bits per heavy atom. The summed E-state index contributed by atoms with van der Waals surface area (Å²) in [6.45, 7) is 1.42. The average Bonchev–Trinajstić information content (AvgIpc) is 2.97. The van der Waals surface area contributed by atoms with Gasteiger partial charge in [-0.2, -0.15) is 0 Å². The third-order valence-corrected chi connectivity index (χ3v) is 3.56. The van der Waals surface area contributed by atoms with Gasteiger partial charge in [0.1, 0.15) is 0 Å². The Morgan fingerprint density at radius 3 is 2.74 bits per heavy atom. The van der Waals surface area contributed by atoms with Crippen molar-refractivity contribution in [1.82, 2.24) is 15.0 Å². The molecule has 2 N–H and O–H groups in total. The van der Waals surface area contributed by atoms with Crippen LogP contribution >= 0.6 is 0 Å². The number of hydrogen-bond acceptors (Lipinski definition) is 5. The van der Waals surface area contributed by atoms with Crippen LogP contribution in [0.4, 0.5) is 5.82 Å². The van der Waals surface area contributed by atoms with Gasteiger partial charge in [-0.05, 0) is 30.5 Å². The summed E-state index contributed by atoms with van der Waals surface area (Å²) in [4.78, 5) is 15.2. The zero-order chi connectivity index (χ0) is 13.1. The number of nitrogens with zero attached hydrogens (tertiary/aromatic N) is 4. The summed E-state index contributed by atoms with van der Waals surface area (Å²) >= 11 is 0. The Kier molecular flexibility index (Phi) is 3.37. The maximum Gasteiger partial charge on any atom is 0.152 e. The van der Waals surface area contributed by atoms with Crippen molar-refractivity contribution in [2.45, 2.75) is 25.4 Å². The maximum absolute atomic E-state index is 5.76. The highest BCUT2D eigenvalue weighted by Gasteiger charge is 2.28. The topological polar surface area (TPSA) is 67.9 Å². The first-order chi connectivity index (χ1) is 9.40. The second-order valence-electron chi connectivity index (χ2n) is 4.66. The van der Waals surface area contributed by atoms with Crippen LogP contribution in [0.1, 0.15) is 30.1 Å². The molecule has 1 saturated heterocycles. The van der Waals surface area contributed by atoms with Crippen LogP contribution in [-0.4, -0.2) is 21.5 Å². The summed E-state index contributed by atoms with van der Waals surface area (Å²) in [6.07, 6.45) is 9.40. The molecular weight excluding hydrogens is 238 g/mol. The SMILES string of the molecule is NCc1nccnc1N1CCCC1c1ccncc1. The van der Waals surface area contributed by atoms with Crippen molar-refractivity contribution in [1.29, 1.82) is 0 Å². The minimum atomic E-state index is 0.352. The van der Waals surface area contributed by atoms with Crippen LogP contribution in [0.3, 0.4) is 0 Å². The monoisotopic (exact) mass is 255 g/mol. The lowest BCUT2D eigenvalue weighted by Gasteiger charge is -2.27. The maximum atomic E-state index is 5.76. The van der Waals surface area contributed by atoms with Gasteiger partial charge in [-0.15, -0.1) is 0 Å². The van der Waals surface area contributed by atoms with Gasteiger partial charge in [-0.1, -0.05) is 0 Å². The standard InChI is InChI=1S/C14H17N5/c15-10-12-14(18-8-7-17-12)19-9-1-2-13(19)11-3-5-16-6-4-11/h3-8,13H,1-2,9-10,15H2. The Morgan fingerprint density at radius 1 is 1.16 bits per heavy atom. The third-order valence-electron chi connectivity index (χ3n) is 3.56. The number of anilines is 1. The van der Waals surface area contributed by atoms with Gasteiger partial charge in [-0.25, -0.2) is 4.98 Å². The van der Waals surface area contributed by atoms with Gasteiger partial charge in [0.25, 0.3) is 0 Å². The molecule has 0 spiro atoms. The minimum absolute atomic E-state index is 0.352. The van der Waals surface area contributed by atoms with Gasteiger partial charge in [0, 0.05) is 37.9 Å². The first-order valence-electron chi connectivity index (χ1n) is 6.56. The molecule has 0 bridgehead atoms. The summed E-state index contributed by atoms with van der Waals surface area (Å²) in [6, 6.07) is 4.49. The normalized spacial score (nSPS) is 18.8. The largest absolute Gasteiger partial charge is 0.348 e. The molecule has 5 heteroatoms. The predicted molar refractivity (Wildman–Crippen MR) is 73.5 cm³/mol. The molecular formula is C14H17N5. The van der Waals surface area contributed by atoms with Gasteiger partial charge >= 0.3 is 0 Å². The number of aromatic nitrogens is 3. The van der Waals surface area contributed by atoms with Crippen LogP contribution in [0.5, 0.6) is 0 Å². The summed E-state index contributed by atoms with van der Waals surface area (Å²) < 4.78 is 0. The molecule has 0 saturated carbocycles. The Hall–Kier alpha value is -2.01. The first kappa shape index (κ1) is 12.0. The second-order valence-corrected chi connectivity index (χ2v) is 4.66.